The van der Waals surface area contributed by atoms with Crippen LogP contribution >= 0.6 is 24.0 Å². The second-order valence-electron chi connectivity index (χ2n) is 7.17. The molecule has 0 amide bonds. The van der Waals surface area contributed by atoms with E-state index in [1.54, 1.807) is 19.2 Å². The van der Waals surface area contributed by atoms with E-state index in [0.29, 0.717) is 30.7 Å². The Bertz CT molecular complexity index is 962. The molecule has 0 atom stereocenters. The van der Waals surface area contributed by atoms with Crippen molar-refractivity contribution in [1.29, 1.82) is 0 Å². The minimum Gasteiger partial charge on any atom is -0.493 e. The van der Waals surface area contributed by atoms with Crippen LogP contribution in [0.1, 0.15) is 24.0 Å². The van der Waals surface area contributed by atoms with Gasteiger partial charge in [0.25, 0.3) is 0 Å². The van der Waals surface area contributed by atoms with Gasteiger partial charge in [-0.25, -0.2) is 8.42 Å². The van der Waals surface area contributed by atoms with Crippen LogP contribution in [0, 0.1) is 5.92 Å². The predicted molar refractivity (Wildman–Crippen MR) is 132 cm³/mol. The minimum absolute atomic E-state index is 0. The molecule has 7 nitrogen and oxygen atoms in total. The number of rotatable bonds is 9. The average molecular weight is 544 g/mol. The van der Waals surface area contributed by atoms with Gasteiger partial charge in [-0.1, -0.05) is 36.4 Å². The lowest BCUT2D eigenvalue weighted by molar-refractivity contribution is 0.296. The highest BCUT2D eigenvalue weighted by atomic mass is 127. The van der Waals surface area contributed by atoms with E-state index in [4.69, 9.17) is 4.74 Å². The molecule has 9 heteroatoms. The summed E-state index contributed by atoms with van der Waals surface area (Å²) in [4.78, 5) is 4.25. The van der Waals surface area contributed by atoms with E-state index >= 15 is 0 Å². The molecule has 0 saturated heterocycles. The zero-order valence-corrected chi connectivity index (χ0v) is 20.4. The number of hydrogen-bond acceptors (Lipinski definition) is 4. The van der Waals surface area contributed by atoms with Crippen LogP contribution in [0.25, 0.3) is 0 Å². The van der Waals surface area contributed by atoms with Gasteiger partial charge in [0.1, 0.15) is 5.75 Å². The summed E-state index contributed by atoms with van der Waals surface area (Å²) in [5.41, 5.74) is 2.45. The molecule has 3 N–H and O–H groups in total. The molecule has 1 aliphatic carbocycles. The second kappa shape index (κ2) is 11.4. The van der Waals surface area contributed by atoms with Gasteiger partial charge in [-0.15, -0.1) is 24.0 Å². The smallest absolute Gasteiger partial charge is 0.229 e. The van der Waals surface area contributed by atoms with Gasteiger partial charge in [-0.2, -0.15) is 0 Å². The number of halogens is 1. The number of aliphatic imine (C=N–C) groups is 1. The molecule has 0 bridgehead atoms. The van der Waals surface area contributed by atoms with Crippen molar-refractivity contribution in [2.24, 2.45) is 10.9 Å². The molecule has 0 aromatic heterocycles. The SMILES string of the molecule is CN=C(NCc1ccccc1NS(C)(=O)=O)NCc1ccccc1OCC1CC1.I. The number of guanidine groups is 1. The van der Waals surface area contributed by atoms with Crippen LogP contribution in [0.2, 0.25) is 0 Å². The fourth-order valence-electron chi connectivity index (χ4n) is 2.84. The first-order valence-corrected chi connectivity index (χ1v) is 11.5. The van der Waals surface area contributed by atoms with Gasteiger partial charge in [0, 0.05) is 25.7 Å². The van der Waals surface area contributed by atoms with Crippen LogP contribution in [0.4, 0.5) is 5.69 Å². The van der Waals surface area contributed by atoms with Crippen LogP contribution in [-0.2, 0) is 23.1 Å². The molecule has 0 aliphatic heterocycles. The summed E-state index contributed by atoms with van der Waals surface area (Å²) < 4.78 is 31.6. The van der Waals surface area contributed by atoms with Crippen LogP contribution in [0.5, 0.6) is 5.75 Å². The molecule has 0 unspecified atom stereocenters. The van der Waals surface area contributed by atoms with E-state index in [9.17, 15) is 8.42 Å². The molecule has 0 spiro atoms. The third-order valence-electron chi connectivity index (χ3n) is 4.57. The third-order valence-corrected chi connectivity index (χ3v) is 5.16. The number of sulfonamides is 1. The minimum atomic E-state index is -3.34. The van der Waals surface area contributed by atoms with Gasteiger partial charge in [0.15, 0.2) is 5.96 Å². The Kier molecular flexibility index (Phi) is 9.22. The lowest BCUT2D eigenvalue weighted by Crippen LogP contribution is -2.36. The normalized spacial score (nSPS) is 13.9. The van der Waals surface area contributed by atoms with Crippen molar-refractivity contribution in [1.82, 2.24) is 10.6 Å². The van der Waals surface area contributed by atoms with Crippen molar-refractivity contribution in [2.75, 3.05) is 24.6 Å². The second-order valence-corrected chi connectivity index (χ2v) is 8.92. The van der Waals surface area contributed by atoms with Crippen LogP contribution in [-0.4, -0.2) is 34.3 Å². The third kappa shape index (κ3) is 8.02. The molecule has 1 saturated carbocycles. The Morgan fingerprint density at radius 1 is 1.03 bits per heavy atom. The maximum absolute atomic E-state index is 11.6. The van der Waals surface area contributed by atoms with Crippen LogP contribution in [0.3, 0.4) is 0 Å². The molecule has 1 fully saturated rings. The maximum atomic E-state index is 11.6. The van der Waals surface area contributed by atoms with Crippen LogP contribution < -0.4 is 20.1 Å². The van der Waals surface area contributed by atoms with Gasteiger partial charge in [0.2, 0.25) is 10.0 Å². The van der Waals surface area contributed by atoms with E-state index in [2.05, 4.69) is 20.3 Å². The summed E-state index contributed by atoms with van der Waals surface area (Å²) in [5.74, 6) is 2.22. The highest BCUT2D eigenvalue weighted by Gasteiger charge is 2.22. The number of nitrogens with zero attached hydrogens (tertiary/aromatic N) is 1. The molecule has 30 heavy (non-hydrogen) atoms. The summed E-state index contributed by atoms with van der Waals surface area (Å²) in [6, 6.07) is 15.3. The molecule has 1 aliphatic rings. The van der Waals surface area contributed by atoms with E-state index in [1.807, 2.05) is 36.4 Å². The van der Waals surface area contributed by atoms with Crippen molar-refractivity contribution < 1.29 is 13.2 Å². The molecule has 0 radical (unpaired) electrons. The topological polar surface area (TPSA) is 91.8 Å². The Hall–Kier alpha value is -2.01. The highest BCUT2D eigenvalue weighted by Crippen LogP contribution is 2.30. The van der Waals surface area contributed by atoms with Gasteiger partial charge >= 0.3 is 0 Å². The van der Waals surface area contributed by atoms with Crippen molar-refractivity contribution >= 4 is 45.6 Å². The fraction of sp³-hybridized carbons (Fsp3) is 0.381. The summed E-state index contributed by atoms with van der Waals surface area (Å²) in [6.45, 7) is 1.77. The summed E-state index contributed by atoms with van der Waals surface area (Å²) in [5, 5.41) is 6.51. The number of hydrogen-bond donors (Lipinski definition) is 3. The lowest BCUT2D eigenvalue weighted by atomic mass is 10.2. The highest BCUT2D eigenvalue weighted by molar-refractivity contribution is 14.0. The summed E-state index contributed by atoms with van der Waals surface area (Å²) in [7, 11) is -1.64. The van der Waals surface area contributed by atoms with E-state index < -0.39 is 10.0 Å². The Labute approximate surface area is 195 Å². The van der Waals surface area contributed by atoms with E-state index in [-0.39, 0.29) is 24.0 Å². The first-order chi connectivity index (χ1) is 13.9. The number of ether oxygens (including phenoxy) is 1. The largest absolute Gasteiger partial charge is 0.493 e. The Morgan fingerprint density at radius 3 is 2.27 bits per heavy atom. The number of benzene rings is 2. The Morgan fingerprint density at radius 2 is 1.63 bits per heavy atom. The van der Waals surface area contributed by atoms with Crippen molar-refractivity contribution in [2.45, 2.75) is 25.9 Å². The predicted octanol–water partition coefficient (Wildman–Crippen LogP) is 3.33. The quantitative estimate of drug-likeness (QED) is 0.256. The zero-order valence-electron chi connectivity index (χ0n) is 17.2. The van der Waals surface area contributed by atoms with Gasteiger partial charge in [-0.3, -0.25) is 9.71 Å². The average Bonchev–Trinajstić information content (AvgIpc) is 3.51. The maximum Gasteiger partial charge on any atom is 0.229 e. The standard InChI is InChI=1S/C21H28N4O3S.HI/c1-22-21(23-13-17-7-3-5-9-19(17)25-29(2,26)27)24-14-18-8-4-6-10-20(18)28-15-16-11-12-16;/h3-10,16,25H,11-15H2,1-2H3,(H2,22,23,24);1H. The fourth-order valence-corrected chi connectivity index (χ4v) is 3.43. The summed E-state index contributed by atoms with van der Waals surface area (Å²) >= 11 is 0. The van der Waals surface area contributed by atoms with Crippen molar-refractivity contribution in [3.8, 4) is 5.75 Å². The first-order valence-electron chi connectivity index (χ1n) is 9.65. The van der Waals surface area contributed by atoms with Gasteiger partial charge in [-0.05, 0) is 36.5 Å². The molecule has 2 aromatic carbocycles. The van der Waals surface area contributed by atoms with E-state index in [1.165, 1.54) is 12.8 Å². The Balaban J connectivity index is 0.00000320. The first kappa shape index (κ1) is 24.3. The molecular formula is C21H29IN4O3S. The van der Waals surface area contributed by atoms with E-state index in [0.717, 1.165) is 29.7 Å². The molecular weight excluding hydrogens is 515 g/mol. The monoisotopic (exact) mass is 544 g/mol. The molecule has 0 heterocycles. The molecule has 164 valence electrons. The van der Waals surface area contributed by atoms with Gasteiger partial charge in [0.05, 0.1) is 18.6 Å². The number of para-hydroxylation sites is 2. The summed E-state index contributed by atoms with van der Waals surface area (Å²) in [6.07, 6.45) is 3.65. The lowest BCUT2D eigenvalue weighted by Gasteiger charge is -2.16. The zero-order chi connectivity index (χ0) is 20.7. The van der Waals surface area contributed by atoms with Crippen LogP contribution in [0.15, 0.2) is 53.5 Å². The number of nitrogens with one attached hydrogen (secondary N) is 3. The van der Waals surface area contributed by atoms with Crippen molar-refractivity contribution in [3.63, 3.8) is 0 Å². The molecule has 3 rings (SSSR count). The molecule has 2 aromatic rings. The van der Waals surface area contributed by atoms with Gasteiger partial charge < -0.3 is 15.4 Å². The van der Waals surface area contributed by atoms with Crippen molar-refractivity contribution in [3.05, 3.63) is 59.7 Å². The number of anilines is 1.